The van der Waals surface area contributed by atoms with Crippen LogP contribution < -0.4 is 9.64 Å². The van der Waals surface area contributed by atoms with Gasteiger partial charge in [-0.2, -0.15) is 0 Å². The van der Waals surface area contributed by atoms with E-state index < -0.39 is 28.4 Å². The summed E-state index contributed by atoms with van der Waals surface area (Å²) in [5, 5.41) is 11.2. The Morgan fingerprint density at radius 3 is 2.29 bits per heavy atom. The number of hydrogen-bond donors (Lipinski definition) is 0. The van der Waals surface area contributed by atoms with Gasteiger partial charge >= 0.3 is 5.97 Å². The number of anilines is 1. The van der Waals surface area contributed by atoms with Crippen molar-refractivity contribution in [1.82, 2.24) is 0 Å². The van der Waals surface area contributed by atoms with Gasteiger partial charge in [-0.15, -0.1) is 0 Å². The summed E-state index contributed by atoms with van der Waals surface area (Å²) in [6.07, 6.45) is 0. The average molecular weight is 416 g/mol. The fourth-order valence-corrected chi connectivity index (χ4v) is 3.35. The van der Waals surface area contributed by atoms with Crippen LogP contribution in [-0.4, -0.2) is 22.7 Å². The minimum atomic E-state index is -0.771. The van der Waals surface area contributed by atoms with Crippen molar-refractivity contribution >= 4 is 29.2 Å². The number of hydrogen-bond acceptors (Lipinski definition) is 6. The van der Waals surface area contributed by atoms with E-state index in [0.29, 0.717) is 5.56 Å². The third kappa shape index (κ3) is 3.44. The molecule has 0 unspecified atom stereocenters. The van der Waals surface area contributed by atoms with Gasteiger partial charge in [-0.3, -0.25) is 19.7 Å². The summed E-state index contributed by atoms with van der Waals surface area (Å²) in [6.45, 7) is 3.84. The molecule has 0 bridgehead atoms. The van der Waals surface area contributed by atoms with Crippen molar-refractivity contribution in [2.24, 2.45) is 0 Å². The van der Waals surface area contributed by atoms with Crippen molar-refractivity contribution in [1.29, 1.82) is 0 Å². The molecule has 1 heterocycles. The number of aryl methyl sites for hydroxylation is 2. The van der Waals surface area contributed by atoms with Crippen molar-refractivity contribution < 1.29 is 24.0 Å². The van der Waals surface area contributed by atoms with E-state index in [1.165, 1.54) is 42.5 Å². The first-order chi connectivity index (χ1) is 14.8. The van der Waals surface area contributed by atoms with Crippen molar-refractivity contribution in [2.45, 2.75) is 13.8 Å². The van der Waals surface area contributed by atoms with Crippen LogP contribution in [0, 0.1) is 24.0 Å². The highest BCUT2D eigenvalue weighted by Gasteiger charge is 2.41. The number of nitrogens with zero attached hydrogens (tertiary/aromatic N) is 2. The van der Waals surface area contributed by atoms with Crippen molar-refractivity contribution in [3.05, 3.63) is 98.6 Å². The van der Waals surface area contributed by atoms with Crippen LogP contribution in [0.4, 0.5) is 11.4 Å². The second-order valence-corrected chi connectivity index (χ2v) is 7.08. The summed E-state index contributed by atoms with van der Waals surface area (Å²) in [4.78, 5) is 49.2. The van der Waals surface area contributed by atoms with Gasteiger partial charge in [0.1, 0.15) is 11.3 Å². The lowest BCUT2D eigenvalue weighted by Crippen LogP contribution is -2.29. The summed E-state index contributed by atoms with van der Waals surface area (Å²) in [5.74, 6) is -1.72. The van der Waals surface area contributed by atoms with Crippen LogP contribution in [0.25, 0.3) is 0 Å². The fraction of sp³-hybridized carbons (Fsp3) is 0.0870. The zero-order chi connectivity index (χ0) is 22.3. The molecule has 8 nitrogen and oxygen atoms in total. The van der Waals surface area contributed by atoms with Crippen LogP contribution in [0.2, 0.25) is 0 Å². The van der Waals surface area contributed by atoms with Gasteiger partial charge in [-0.05, 0) is 67.4 Å². The normalized spacial score (nSPS) is 12.6. The fourth-order valence-electron chi connectivity index (χ4n) is 3.35. The van der Waals surface area contributed by atoms with Gasteiger partial charge in [0.2, 0.25) is 0 Å². The molecule has 3 aromatic rings. The predicted octanol–water partition coefficient (Wildman–Crippen LogP) is 4.23. The maximum atomic E-state index is 12.8. The maximum absolute atomic E-state index is 12.8. The lowest BCUT2D eigenvalue weighted by Gasteiger charge is -2.14. The molecule has 0 aliphatic carbocycles. The number of carbonyl (C=O) groups is 3. The summed E-state index contributed by atoms with van der Waals surface area (Å²) >= 11 is 0. The first-order valence-electron chi connectivity index (χ1n) is 9.33. The third-order valence-corrected chi connectivity index (χ3v) is 5.14. The molecule has 8 heteroatoms. The van der Waals surface area contributed by atoms with Gasteiger partial charge in [-0.25, -0.2) is 9.69 Å². The number of amides is 2. The molecule has 1 aliphatic heterocycles. The first kappa shape index (κ1) is 20.0. The molecule has 0 spiro atoms. The second-order valence-electron chi connectivity index (χ2n) is 7.08. The van der Waals surface area contributed by atoms with E-state index in [-0.39, 0.29) is 22.6 Å². The van der Waals surface area contributed by atoms with Crippen molar-refractivity contribution in [3.8, 4) is 5.75 Å². The summed E-state index contributed by atoms with van der Waals surface area (Å²) < 4.78 is 5.36. The van der Waals surface area contributed by atoms with E-state index in [1.54, 1.807) is 12.1 Å². The third-order valence-electron chi connectivity index (χ3n) is 5.14. The number of rotatable bonds is 4. The Hall–Kier alpha value is -4.33. The Morgan fingerprint density at radius 2 is 1.65 bits per heavy atom. The highest BCUT2D eigenvalue weighted by Crippen LogP contribution is 2.34. The van der Waals surface area contributed by atoms with E-state index in [9.17, 15) is 24.5 Å². The SMILES string of the molecule is Cc1ccc(C(=O)Oc2ccc(N3C(=O)c4cccc([N+](=O)[O-])c4C3=O)cc2)cc1C. The molecule has 31 heavy (non-hydrogen) atoms. The Bertz CT molecular complexity index is 1260. The zero-order valence-electron chi connectivity index (χ0n) is 16.6. The molecule has 0 aromatic heterocycles. The van der Waals surface area contributed by atoms with Crippen LogP contribution in [0.1, 0.15) is 42.2 Å². The van der Waals surface area contributed by atoms with Crippen LogP contribution in [-0.2, 0) is 0 Å². The average Bonchev–Trinajstić information content (AvgIpc) is 3.01. The molecule has 0 radical (unpaired) electrons. The number of nitro benzene ring substituents is 1. The number of benzene rings is 3. The number of fused-ring (bicyclic) bond motifs is 1. The molecule has 0 N–H and O–H groups in total. The zero-order valence-corrected chi connectivity index (χ0v) is 16.6. The lowest BCUT2D eigenvalue weighted by atomic mass is 10.1. The number of nitro groups is 1. The van der Waals surface area contributed by atoms with Crippen LogP contribution in [0.5, 0.6) is 5.75 Å². The monoisotopic (exact) mass is 416 g/mol. The van der Waals surface area contributed by atoms with Gasteiger partial charge in [0.25, 0.3) is 17.5 Å². The minimum Gasteiger partial charge on any atom is -0.423 e. The lowest BCUT2D eigenvalue weighted by molar-refractivity contribution is -0.385. The molecule has 2 amide bonds. The van der Waals surface area contributed by atoms with Gasteiger partial charge < -0.3 is 4.74 Å². The van der Waals surface area contributed by atoms with E-state index in [2.05, 4.69) is 0 Å². The van der Waals surface area contributed by atoms with Gasteiger partial charge in [0, 0.05) is 6.07 Å². The highest BCUT2D eigenvalue weighted by molar-refractivity contribution is 6.35. The van der Waals surface area contributed by atoms with Crippen molar-refractivity contribution in [2.75, 3.05) is 4.90 Å². The Kier molecular flexibility index (Phi) is 4.82. The van der Waals surface area contributed by atoms with Crippen LogP contribution >= 0.6 is 0 Å². The van der Waals surface area contributed by atoms with Gasteiger partial charge in [-0.1, -0.05) is 12.1 Å². The highest BCUT2D eigenvalue weighted by atomic mass is 16.6. The molecule has 0 atom stereocenters. The van der Waals surface area contributed by atoms with Gasteiger partial charge in [0.05, 0.1) is 21.7 Å². The van der Waals surface area contributed by atoms with Crippen LogP contribution in [0.15, 0.2) is 60.7 Å². The van der Waals surface area contributed by atoms with Gasteiger partial charge in [0.15, 0.2) is 0 Å². The summed E-state index contributed by atoms with van der Waals surface area (Å²) in [5.41, 5.74) is 1.96. The van der Waals surface area contributed by atoms with Crippen molar-refractivity contribution in [3.63, 3.8) is 0 Å². The molecule has 154 valence electrons. The Labute approximate surface area is 176 Å². The number of esters is 1. The van der Waals surface area contributed by atoms with E-state index in [1.807, 2.05) is 19.9 Å². The smallest absolute Gasteiger partial charge is 0.343 e. The Balaban J connectivity index is 1.57. The standard InChI is InChI=1S/C23H16N2O6/c1-13-6-7-15(12-14(13)2)23(28)31-17-10-8-16(9-11-17)24-21(26)18-4-3-5-19(25(29)30)20(18)22(24)27/h3-12H,1-2H3. The number of carbonyl (C=O) groups excluding carboxylic acids is 3. The molecule has 3 aromatic carbocycles. The maximum Gasteiger partial charge on any atom is 0.343 e. The molecule has 0 saturated carbocycles. The minimum absolute atomic E-state index is 0.0237. The Morgan fingerprint density at radius 1 is 0.935 bits per heavy atom. The van der Waals surface area contributed by atoms with E-state index in [4.69, 9.17) is 4.74 Å². The largest absolute Gasteiger partial charge is 0.423 e. The molecule has 4 rings (SSSR count). The van der Waals surface area contributed by atoms with E-state index in [0.717, 1.165) is 16.0 Å². The number of ether oxygens (including phenoxy) is 1. The number of imide groups is 1. The predicted molar refractivity (Wildman–Crippen MR) is 112 cm³/mol. The summed E-state index contributed by atoms with van der Waals surface area (Å²) in [7, 11) is 0. The van der Waals surface area contributed by atoms with E-state index >= 15 is 0 Å². The second kappa shape index (κ2) is 7.49. The quantitative estimate of drug-likeness (QED) is 0.207. The summed E-state index contributed by atoms with van der Waals surface area (Å²) in [6, 6.07) is 14.9. The molecular weight excluding hydrogens is 400 g/mol. The molecule has 0 saturated heterocycles. The first-order valence-corrected chi connectivity index (χ1v) is 9.33. The van der Waals surface area contributed by atoms with Crippen LogP contribution in [0.3, 0.4) is 0 Å². The molecule has 0 fully saturated rings. The molecule has 1 aliphatic rings. The topological polar surface area (TPSA) is 107 Å². The molecular formula is C23H16N2O6.